The van der Waals surface area contributed by atoms with Crippen LogP contribution in [-0.2, 0) is 12.5 Å². The van der Waals surface area contributed by atoms with Crippen LogP contribution in [0.1, 0.15) is 38.1 Å². The Balaban J connectivity index is 2.14. The molecule has 0 aromatic carbocycles. The molecule has 1 aromatic heterocycles. The zero-order valence-corrected chi connectivity index (χ0v) is 14.1. The van der Waals surface area contributed by atoms with E-state index < -0.39 is 0 Å². The first-order chi connectivity index (χ1) is 9.81. The summed E-state index contributed by atoms with van der Waals surface area (Å²) in [6.07, 6.45) is 2.10. The minimum absolute atomic E-state index is 0.0216. The number of hydrogen-bond donors (Lipinski definition) is 2. The number of nitrogens with zero attached hydrogens (tertiary/aromatic N) is 4. The molecule has 1 aliphatic heterocycles. The van der Waals surface area contributed by atoms with E-state index in [1.54, 1.807) is 0 Å². The summed E-state index contributed by atoms with van der Waals surface area (Å²) < 4.78 is 1.89. The van der Waals surface area contributed by atoms with Crippen LogP contribution in [0, 0.1) is 0 Å². The average molecular weight is 294 g/mol. The maximum absolute atomic E-state index is 6.03. The molecule has 0 bridgehead atoms. The van der Waals surface area contributed by atoms with Gasteiger partial charge in [-0.2, -0.15) is 5.10 Å². The fourth-order valence-corrected chi connectivity index (χ4v) is 2.75. The SMILES string of the molecule is CN1CCN(NC(CN)c2cn(C)nc2C(C)(C)C)CC1. The van der Waals surface area contributed by atoms with Gasteiger partial charge < -0.3 is 10.6 Å². The lowest BCUT2D eigenvalue weighted by Gasteiger charge is -2.35. The smallest absolute Gasteiger partial charge is 0.0726 e. The topological polar surface area (TPSA) is 62.4 Å². The van der Waals surface area contributed by atoms with Crippen LogP contribution in [0.25, 0.3) is 0 Å². The number of aromatic nitrogens is 2. The molecular formula is C15H30N6. The zero-order chi connectivity index (χ0) is 15.6. The Morgan fingerprint density at radius 2 is 1.86 bits per heavy atom. The second-order valence-corrected chi connectivity index (χ2v) is 7.06. The molecule has 0 amide bonds. The molecule has 6 heteroatoms. The molecule has 2 heterocycles. The Hall–Kier alpha value is -0.950. The molecule has 1 aliphatic rings. The highest BCUT2D eigenvalue weighted by Crippen LogP contribution is 2.28. The molecule has 0 saturated carbocycles. The monoisotopic (exact) mass is 294 g/mol. The molecule has 1 atom stereocenters. The Kier molecular flexibility index (Phi) is 5.03. The highest BCUT2D eigenvalue weighted by Gasteiger charge is 2.27. The predicted molar refractivity (Wildman–Crippen MR) is 85.9 cm³/mol. The first-order valence-corrected chi connectivity index (χ1v) is 7.75. The lowest BCUT2D eigenvalue weighted by molar-refractivity contribution is 0.0877. The molecule has 0 aliphatic carbocycles. The van der Waals surface area contributed by atoms with Gasteiger partial charge in [0.1, 0.15) is 0 Å². The van der Waals surface area contributed by atoms with Crippen LogP contribution in [0.2, 0.25) is 0 Å². The summed E-state index contributed by atoms with van der Waals surface area (Å²) in [5.41, 5.74) is 12.0. The van der Waals surface area contributed by atoms with E-state index in [1.807, 2.05) is 11.7 Å². The van der Waals surface area contributed by atoms with Gasteiger partial charge in [0, 0.05) is 56.9 Å². The minimum Gasteiger partial charge on any atom is -0.329 e. The maximum atomic E-state index is 6.03. The van der Waals surface area contributed by atoms with E-state index in [2.05, 4.69) is 54.4 Å². The highest BCUT2D eigenvalue weighted by molar-refractivity contribution is 5.27. The van der Waals surface area contributed by atoms with Crippen molar-refractivity contribution >= 4 is 0 Å². The van der Waals surface area contributed by atoms with Gasteiger partial charge in [-0.05, 0) is 7.05 Å². The first-order valence-electron chi connectivity index (χ1n) is 7.75. The number of piperazine rings is 1. The average Bonchev–Trinajstić information content (AvgIpc) is 2.80. The van der Waals surface area contributed by atoms with Crippen LogP contribution in [0.15, 0.2) is 6.20 Å². The summed E-state index contributed by atoms with van der Waals surface area (Å²) in [7, 11) is 4.14. The number of hydrogen-bond acceptors (Lipinski definition) is 5. The van der Waals surface area contributed by atoms with Gasteiger partial charge in [-0.15, -0.1) is 0 Å². The summed E-state index contributed by atoms with van der Waals surface area (Å²) in [6.45, 7) is 11.4. The number of likely N-dealkylation sites (N-methyl/N-ethyl adjacent to an activating group) is 1. The Labute approximate surface area is 128 Å². The van der Waals surface area contributed by atoms with Crippen LogP contribution in [0.3, 0.4) is 0 Å². The molecule has 21 heavy (non-hydrogen) atoms. The van der Waals surface area contributed by atoms with E-state index in [0.717, 1.165) is 31.9 Å². The van der Waals surface area contributed by atoms with Crippen molar-refractivity contribution in [2.75, 3.05) is 39.8 Å². The molecular weight excluding hydrogens is 264 g/mol. The number of nitrogens with two attached hydrogens (primary N) is 1. The predicted octanol–water partition coefficient (Wildman–Crippen LogP) is 0.469. The van der Waals surface area contributed by atoms with E-state index in [9.17, 15) is 0 Å². The van der Waals surface area contributed by atoms with Gasteiger partial charge in [0.05, 0.1) is 11.7 Å². The summed E-state index contributed by atoms with van der Waals surface area (Å²) in [5.74, 6) is 0. The lowest BCUT2D eigenvalue weighted by Crippen LogP contribution is -2.52. The third-order valence-electron chi connectivity index (χ3n) is 4.02. The lowest BCUT2D eigenvalue weighted by atomic mass is 9.87. The molecule has 1 saturated heterocycles. The molecule has 0 spiro atoms. The molecule has 2 rings (SSSR count). The molecule has 1 aromatic rings. The van der Waals surface area contributed by atoms with E-state index in [0.29, 0.717) is 6.54 Å². The van der Waals surface area contributed by atoms with Crippen LogP contribution >= 0.6 is 0 Å². The van der Waals surface area contributed by atoms with Crippen molar-refractivity contribution < 1.29 is 0 Å². The van der Waals surface area contributed by atoms with Crippen LogP contribution in [0.4, 0.5) is 0 Å². The van der Waals surface area contributed by atoms with Crippen molar-refractivity contribution in [3.05, 3.63) is 17.5 Å². The van der Waals surface area contributed by atoms with Gasteiger partial charge in [-0.3, -0.25) is 4.68 Å². The third-order valence-corrected chi connectivity index (χ3v) is 4.02. The molecule has 120 valence electrons. The van der Waals surface area contributed by atoms with Crippen LogP contribution in [0.5, 0.6) is 0 Å². The van der Waals surface area contributed by atoms with Gasteiger partial charge in [0.15, 0.2) is 0 Å². The first kappa shape index (κ1) is 16.4. The summed E-state index contributed by atoms with van der Waals surface area (Å²) >= 11 is 0. The van der Waals surface area contributed by atoms with Gasteiger partial charge in [-0.25, -0.2) is 10.4 Å². The summed E-state index contributed by atoms with van der Waals surface area (Å²) in [6, 6.07) is 0.122. The minimum atomic E-state index is 0.0216. The fourth-order valence-electron chi connectivity index (χ4n) is 2.75. The fraction of sp³-hybridized carbons (Fsp3) is 0.800. The van der Waals surface area contributed by atoms with Crippen LogP contribution in [-0.4, -0.2) is 59.5 Å². The Bertz CT molecular complexity index is 453. The zero-order valence-electron chi connectivity index (χ0n) is 14.1. The van der Waals surface area contributed by atoms with E-state index in [4.69, 9.17) is 5.73 Å². The van der Waals surface area contributed by atoms with E-state index >= 15 is 0 Å². The molecule has 1 unspecified atom stereocenters. The van der Waals surface area contributed by atoms with Gasteiger partial charge in [-0.1, -0.05) is 20.8 Å². The molecule has 1 fully saturated rings. The van der Waals surface area contributed by atoms with Crippen molar-refractivity contribution in [2.24, 2.45) is 12.8 Å². The van der Waals surface area contributed by atoms with E-state index in [1.165, 1.54) is 5.56 Å². The number of nitrogens with one attached hydrogen (secondary N) is 1. The number of aryl methyl sites for hydroxylation is 1. The standard InChI is InChI=1S/C15H30N6/c1-15(2,3)14-12(11-20(5)18-14)13(10-16)17-21-8-6-19(4)7-9-21/h11,13,17H,6-10,16H2,1-5H3. The van der Waals surface area contributed by atoms with Crippen LogP contribution < -0.4 is 11.2 Å². The molecule has 3 N–H and O–H groups in total. The number of hydrazine groups is 1. The summed E-state index contributed by atoms with van der Waals surface area (Å²) in [5, 5.41) is 6.94. The molecule has 0 radical (unpaired) electrons. The summed E-state index contributed by atoms with van der Waals surface area (Å²) in [4.78, 5) is 2.35. The second kappa shape index (κ2) is 6.44. The van der Waals surface area contributed by atoms with Crippen molar-refractivity contribution in [1.29, 1.82) is 0 Å². The quantitative estimate of drug-likeness (QED) is 0.845. The van der Waals surface area contributed by atoms with Crippen molar-refractivity contribution in [3.8, 4) is 0 Å². The van der Waals surface area contributed by atoms with Crippen molar-refractivity contribution in [1.82, 2.24) is 25.1 Å². The second-order valence-electron chi connectivity index (χ2n) is 7.06. The number of rotatable bonds is 4. The normalized spacial score (nSPS) is 19.9. The third kappa shape index (κ3) is 4.03. The van der Waals surface area contributed by atoms with Crippen molar-refractivity contribution in [2.45, 2.75) is 32.2 Å². The van der Waals surface area contributed by atoms with Gasteiger partial charge >= 0.3 is 0 Å². The van der Waals surface area contributed by atoms with Gasteiger partial charge in [0.2, 0.25) is 0 Å². The largest absolute Gasteiger partial charge is 0.329 e. The Morgan fingerprint density at radius 3 is 2.38 bits per heavy atom. The maximum Gasteiger partial charge on any atom is 0.0726 e. The molecule has 6 nitrogen and oxygen atoms in total. The van der Waals surface area contributed by atoms with Gasteiger partial charge in [0.25, 0.3) is 0 Å². The van der Waals surface area contributed by atoms with E-state index in [-0.39, 0.29) is 11.5 Å². The Morgan fingerprint density at radius 1 is 1.24 bits per heavy atom. The van der Waals surface area contributed by atoms with Crippen molar-refractivity contribution in [3.63, 3.8) is 0 Å². The highest BCUT2D eigenvalue weighted by atomic mass is 15.5.